The molecule has 2 atom stereocenters. The molecule has 0 amide bonds. The van der Waals surface area contributed by atoms with Gasteiger partial charge in [0.05, 0.1) is 0 Å². The molecule has 2 unspecified atom stereocenters. The third-order valence-corrected chi connectivity index (χ3v) is 4.04. The van der Waals surface area contributed by atoms with E-state index < -0.39 is 11.2 Å². The van der Waals surface area contributed by atoms with Crippen molar-refractivity contribution in [1.82, 2.24) is 0 Å². The van der Waals surface area contributed by atoms with E-state index in [9.17, 15) is 9.59 Å². The van der Waals surface area contributed by atoms with Crippen LogP contribution in [0.3, 0.4) is 0 Å². The molecule has 0 radical (unpaired) electrons. The van der Waals surface area contributed by atoms with Crippen LogP contribution in [0.2, 0.25) is 0 Å². The molecule has 1 saturated heterocycles. The predicted molar refractivity (Wildman–Crippen MR) is 64.1 cm³/mol. The first kappa shape index (κ1) is 12.0. The summed E-state index contributed by atoms with van der Waals surface area (Å²) >= 11 is 1.17. The van der Waals surface area contributed by atoms with Gasteiger partial charge in [-0.05, 0) is 25.0 Å². The van der Waals surface area contributed by atoms with Gasteiger partial charge in [-0.2, -0.15) is 0 Å². The molecule has 5 heteroatoms. The minimum absolute atomic E-state index is 0.357. The molecule has 1 N–H and O–H groups in total. The van der Waals surface area contributed by atoms with Crippen molar-refractivity contribution in [3.8, 4) is 5.75 Å². The summed E-state index contributed by atoms with van der Waals surface area (Å²) in [5.41, 5.74) is 0. The summed E-state index contributed by atoms with van der Waals surface area (Å²) in [4.78, 5) is 22.5. The van der Waals surface area contributed by atoms with E-state index >= 15 is 0 Å². The SMILES string of the molecule is O=C(O)C1CCC(C(=O)Oc2ccccc2)S1. The molecular formula is C12H12O4S. The molecule has 0 spiro atoms. The summed E-state index contributed by atoms with van der Waals surface area (Å²) in [5.74, 6) is -0.716. The second-order valence-electron chi connectivity index (χ2n) is 3.76. The highest BCUT2D eigenvalue weighted by Crippen LogP contribution is 2.34. The lowest BCUT2D eigenvalue weighted by atomic mass is 10.2. The topological polar surface area (TPSA) is 63.6 Å². The van der Waals surface area contributed by atoms with Crippen molar-refractivity contribution in [2.75, 3.05) is 0 Å². The van der Waals surface area contributed by atoms with Crippen LogP contribution in [0, 0.1) is 0 Å². The van der Waals surface area contributed by atoms with Crippen LogP contribution in [-0.4, -0.2) is 27.5 Å². The Labute approximate surface area is 103 Å². The van der Waals surface area contributed by atoms with Gasteiger partial charge in [-0.3, -0.25) is 9.59 Å². The van der Waals surface area contributed by atoms with Crippen molar-refractivity contribution in [2.24, 2.45) is 0 Å². The van der Waals surface area contributed by atoms with Gasteiger partial charge in [0.2, 0.25) is 0 Å². The monoisotopic (exact) mass is 252 g/mol. The van der Waals surface area contributed by atoms with Crippen LogP contribution >= 0.6 is 11.8 Å². The molecule has 0 aromatic heterocycles. The zero-order valence-corrected chi connectivity index (χ0v) is 9.85. The zero-order chi connectivity index (χ0) is 12.3. The smallest absolute Gasteiger partial charge is 0.324 e. The van der Waals surface area contributed by atoms with Crippen molar-refractivity contribution in [2.45, 2.75) is 23.3 Å². The molecule has 2 rings (SSSR count). The van der Waals surface area contributed by atoms with E-state index in [0.717, 1.165) is 0 Å². The Kier molecular flexibility index (Phi) is 3.68. The first-order chi connectivity index (χ1) is 8.16. The Bertz CT molecular complexity index is 418. The maximum atomic E-state index is 11.7. The second-order valence-corrected chi connectivity index (χ2v) is 5.17. The lowest BCUT2D eigenvalue weighted by molar-refractivity contribution is -0.136. The number of thioether (sulfide) groups is 1. The number of hydrogen-bond acceptors (Lipinski definition) is 4. The summed E-state index contributed by atoms with van der Waals surface area (Å²) in [6, 6.07) is 8.80. The Balaban J connectivity index is 1.92. The molecule has 1 aliphatic rings. The maximum absolute atomic E-state index is 11.7. The van der Waals surface area contributed by atoms with Gasteiger partial charge in [0, 0.05) is 0 Å². The van der Waals surface area contributed by atoms with Gasteiger partial charge in [0.25, 0.3) is 0 Å². The van der Waals surface area contributed by atoms with Crippen LogP contribution in [0.15, 0.2) is 30.3 Å². The second kappa shape index (κ2) is 5.23. The maximum Gasteiger partial charge on any atom is 0.324 e. The van der Waals surface area contributed by atoms with Gasteiger partial charge < -0.3 is 9.84 Å². The van der Waals surface area contributed by atoms with Gasteiger partial charge in [0.1, 0.15) is 16.2 Å². The van der Waals surface area contributed by atoms with Crippen LogP contribution in [0.25, 0.3) is 0 Å². The summed E-state index contributed by atoms with van der Waals surface area (Å²) in [6.45, 7) is 0. The highest BCUT2D eigenvalue weighted by Gasteiger charge is 2.35. The molecule has 90 valence electrons. The first-order valence-corrected chi connectivity index (χ1v) is 6.26. The van der Waals surface area contributed by atoms with Crippen molar-refractivity contribution in [1.29, 1.82) is 0 Å². The molecule has 1 aromatic rings. The molecule has 1 aromatic carbocycles. The highest BCUT2D eigenvalue weighted by atomic mass is 32.2. The number of ether oxygens (including phenoxy) is 1. The fraction of sp³-hybridized carbons (Fsp3) is 0.333. The molecule has 1 heterocycles. The number of aliphatic carboxylic acids is 1. The van der Waals surface area contributed by atoms with Crippen molar-refractivity contribution < 1.29 is 19.4 Å². The number of benzene rings is 1. The minimum atomic E-state index is -0.856. The number of rotatable bonds is 3. The van der Waals surface area contributed by atoms with Crippen LogP contribution in [0.5, 0.6) is 5.75 Å². The molecule has 4 nitrogen and oxygen atoms in total. The fourth-order valence-corrected chi connectivity index (χ4v) is 2.88. The van der Waals surface area contributed by atoms with E-state index in [4.69, 9.17) is 9.84 Å². The molecule has 0 bridgehead atoms. The van der Waals surface area contributed by atoms with Crippen LogP contribution in [0.1, 0.15) is 12.8 Å². The summed E-state index contributed by atoms with van der Waals surface area (Å²) < 4.78 is 5.17. The first-order valence-electron chi connectivity index (χ1n) is 5.32. The molecule has 0 aliphatic carbocycles. The number of hydrogen-bond donors (Lipinski definition) is 1. The Morgan fingerprint density at radius 3 is 2.41 bits per heavy atom. The van der Waals surface area contributed by atoms with Crippen LogP contribution in [-0.2, 0) is 9.59 Å². The summed E-state index contributed by atoms with van der Waals surface area (Å²) in [7, 11) is 0. The van der Waals surface area contributed by atoms with E-state index in [0.29, 0.717) is 18.6 Å². The molecular weight excluding hydrogens is 240 g/mol. The standard InChI is InChI=1S/C12H12O4S/c13-11(14)9-6-7-10(17-9)12(15)16-8-4-2-1-3-5-8/h1-5,9-10H,6-7H2,(H,13,14). The van der Waals surface area contributed by atoms with E-state index in [1.54, 1.807) is 24.3 Å². The van der Waals surface area contributed by atoms with Gasteiger partial charge in [-0.15, -0.1) is 11.8 Å². The molecule has 1 fully saturated rings. The summed E-state index contributed by atoms with van der Waals surface area (Å²) in [6.07, 6.45) is 1.09. The van der Waals surface area contributed by atoms with Gasteiger partial charge in [0.15, 0.2) is 0 Å². The number of carboxylic acid groups (broad SMARTS) is 1. The van der Waals surface area contributed by atoms with Gasteiger partial charge in [-0.1, -0.05) is 18.2 Å². The van der Waals surface area contributed by atoms with Crippen molar-refractivity contribution in [3.63, 3.8) is 0 Å². The predicted octanol–water partition coefficient (Wildman–Crippen LogP) is 1.94. The third-order valence-electron chi connectivity index (χ3n) is 2.52. The largest absolute Gasteiger partial charge is 0.480 e. The van der Waals surface area contributed by atoms with E-state index in [1.807, 2.05) is 6.07 Å². The fourth-order valence-electron chi connectivity index (χ4n) is 1.66. The van der Waals surface area contributed by atoms with Gasteiger partial charge >= 0.3 is 11.9 Å². The number of carbonyl (C=O) groups is 2. The van der Waals surface area contributed by atoms with E-state index in [2.05, 4.69) is 0 Å². The van der Waals surface area contributed by atoms with E-state index in [1.165, 1.54) is 11.8 Å². The number of esters is 1. The van der Waals surface area contributed by atoms with Crippen molar-refractivity contribution in [3.05, 3.63) is 30.3 Å². The molecule has 1 aliphatic heterocycles. The quantitative estimate of drug-likeness (QED) is 0.658. The summed E-state index contributed by atoms with van der Waals surface area (Å²) in [5, 5.41) is 7.98. The highest BCUT2D eigenvalue weighted by molar-refractivity contribution is 8.02. The average molecular weight is 252 g/mol. The lowest BCUT2D eigenvalue weighted by Gasteiger charge is -2.09. The number of carbonyl (C=O) groups excluding carboxylic acids is 1. The van der Waals surface area contributed by atoms with Crippen LogP contribution in [0.4, 0.5) is 0 Å². The Morgan fingerprint density at radius 1 is 1.18 bits per heavy atom. The molecule has 0 saturated carbocycles. The Morgan fingerprint density at radius 2 is 1.82 bits per heavy atom. The van der Waals surface area contributed by atoms with Gasteiger partial charge in [-0.25, -0.2) is 0 Å². The molecule has 17 heavy (non-hydrogen) atoms. The van der Waals surface area contributed by atoms with Crippen molar-refractivity contribution >= 4 is 23.7 Å². The van der Waals surface area contributed by atoms with E-state index in [-0.39, 0.29) is 11.2 Å². The zero-order valence-electron chi connectivity index (χ0n) is 9.04. The normalized spacial score (nSPS) is 23.3. The minimum Gasteiger partial charge on any atom is -0.480 e. The number of para-hydroxylation sites is 1. The number of carboxylic acids is 1. The lowest BCUT2D eigenvalue weighted by Crippen LogP contribution is -2.21. The average Bonchev–Trinajstić information content (AvgIpc) is 2.79. The Hall–Kier alpha value is -1.49. The van der Waals surface area contributed by atoms with Crippen LogP contribution < -0.4 is 4.74 Å². The third kappa shape index (κ3) is 3.00.